The summed E-state index contributed by atoms with van der Waals surface area (Å²) in [6, 6.07) is 6.14. The molecule has 0 aromatic heterocycles. The summed E-state index contributed by atoms with van der Waals surface area (Å²) in [5.74, 6) is -1.47. The Hall–Kier alpha value is -1.91. The second-order valence-electron chi connectivity index (χ2n) is 6.81. The Bertz CT molecular complexity index is 593. The number of hydrogen-bond acceptors (Lipinski definition) is 2. The number of carbonyl (C=O) groups is 2. The number of halogens is 1. The Morgan fingerprint density at radius 3 is 2.35 bits per heavy atom. The minimum Gasteiger partial charge on any atom is -0.481 e. The van der Waals surface area contributed by atoms with Gasteiger partial charge in [0.05, 0.1) is 11.3 Å². The minimum absolute atomic E-state index is 0.0300. The zero-order valence-electron chi connectivity index (χ0n) is 13.1. The molecule has 4 nitrogen and oxygen atoms in total. The Kier molecular flexibility index (Phi) is 4.37. The fourth-order valence-electron chi connectivity index (χ4n) is 4.05. The molecule has 23 heavy (non-hydrogen) atoms. The molecule has 2 aliphatic carbocycles. The Balaban J connectivity index is 1.75. The van der Waals surface area contributed by atoms with E-state index in [1.165, 1.54) is 12.1 Å². The third-order valence-corrected chi connectivity index (χ3v) is 5.41. The lowest BCUT2D eigenvalue weighted by Gasteiger charge is -2.30. The molecular formula is C18H22FNO3. The van der Waals surface area contributed by atoms with E-state index in [-0.39, 0.29) is 23.7 Å². The number of benzene rings is 1. The molecular weight excluding hydrogens is 297 g/mol. The molecule has 0 spiro atoms. The SMILES string of the molecule is O=C(O)[C@H]1CC[C@@H](NC(=O)C2(c3ccc(F)cc3)CCCC2)C1. The zero-order chi connectivity index (χ0) is 16.4. The van der Waals surface area contributed by atoms with Gasteiger partial charge in [-0.25, -0.2) is 4.39 Å². The summed E-state index contributed by atoms with van der Waals surface area (Å²) in [7, 11) is 0. The Morgan fingerprint density at radius 1 is 1.13 bits per heavy atom. The van der Waals surface area contributed by atoms with Crippen molar-refractivity contribution in [2.45, 2.75) is 56.4 Å². The smallest absolute Gasteiger partial charge is 0.306 e. The van der Waals surface area contributed by atoms with Crippen LogP contribution in [-0.2, 0) is 15.0 Å². The standard InChI is InChI=1S/C18H22FNO3/c19-14-6-4-13(5-7-14)18(9-1-2-10-18)17(23)20-15-8-3-12(11-15)16(21)22/h4-7,12,15H,1-3,8-11H2,(H,20,23)(H,21,22)/t12-,15+/m0/s1. The van der Waals surface area contributed by atoms with Crippen LogP contribution in [0.4, 0.5) is 4.39 Å². The van der Waals surface area contributed by atoms with Crippen molar-refractivity contribution in [3.63, 3.8) is 0 Å². The van der Waals surface area contributed by atoms with E-state index in [2.05, 4.69) is 5.32 Å². The van der Waals surface area contributed by atoms with Gasteiger partial charge in [0.1, 0.15) is 5.82 Å². The number of hydrogen-bond donors (Lipinski definition) is 2. The molecule has 2 saturated carbocycles. The fraction of sp³-hybridized carbons (Fsp3) is 0.556. The van der Waals surface area contributed by atoms with Crippen LogP contribution in [0.3, 0.4) is 0 Å². The van der Waals surface area contributed by atoms with Crippen molar-refractivity contribution in [3.05, 3.63) is 35.6 Å². The average Bonchev–Trinajstić information content (AvgIpc) is 3.17. The molecule has 0 aliphatic heterocycles. The maximum Gasteiger partial charge on any atom is 0.306 e. The molecule has 124 valence electrons. The largest absolute Gasteiger partial charge is 0.481 e. The van der Waals surface area contributed by atoms with Gasteiger partial charge in [0, 0.05) is 6.04 Å². The van der Waals surface area contributed by atoms with Crippen LogP contribution >= 0.6 is 0 Å². The summed E-state index contributed by atoms with van der Waals surface area (Å²) in [6.07, 6.45) is 5.31. The first-order valence-electron chi connectivity index (χ1n) is 8.31. The third kappa shape index (κ3) is 3.09. The van der Waals surface area contributed by atoms with Gasteiger partial charge in [0.25, 0.3) is 0 Å². The lowest BCUT2D eigenvalue weighted by molar-refractivity contribution is -0.141. The van der Waals surface area contributed by atoms with Gasteiger partial charge in [-0.05, 0) is 49.8 Å². The van der Waals surface area contributed by atoms with E-state index >= 15 is 0 Å². The molecule has 0 radical (unpaired) electrons. The minimum atomic E-state index is -0.782. The number of nitrogens with one attached hydrogen (secondary N) is 1. The summed E-state index contributed by atoms with van der Waals surface area (Å²) < 4.78 is 13.2. The number of carboxylic acid groups (broad SMARTS) is 1. The summed E-state index contributed by atoms with van der Waals surface area (Å²) in [4.78, 5) is 24.0. The normalized spacial score (nSPS) is 26.1. The lowest BCUT2D eigenvalue weighted by atomic mass is 9.77. The fourth-order valence-corrected chi connectivity index (χ4v) is 4.05. The maximum atomic E-state index is 13.2. The monoisotopic (exact) mass is 319 g/mol. The number of aliphatic carboxylic acids is 1. The van der Waals surface area contributed by atoms with Crippen molar-refractivity contribution in [3.8, 4) is 0 Å². The van der Waals surface area contributed by atoms with Crippen molar-refractivity contribution in [1.29, 1.82) is 0 Å². The Morgan fingerprint density at radius 2 is 1.78 bits per heavy atom. The molecule has 2 N–H and O–H groups in total. The van der Waals surface area contributed by atoms with E-state index in [4.69, 9.17) is 5.11 Å². The van der Waals surface area contributed by atoms with Gasteiger partial charge < -0.3 is 10.4 Å². The van der Waals surface area contributed by atoms with Crippen LogP contribution in [0, 0.1) is 11.7 Å². The van der Waals surface area contributed by atoms with Gasteiger partial charge in [-0.15, -0.1) is 0 Å². The van der Waals surface area contributed by atoms with Crippen molar-refractivity contribution in [2.75, 3.05) is 0 Å². The predicted octanol–water partition coefficient (Wildman–Crippen LogP) is 3.01. The van der Waals surface area contributed by atoms with Gasteiger partial charge in [0.15, 0.2) is 0 Å². The lowest BCUT2D eigenvalue weighted by Crippen LogP contribution is -2.46. The molecule has 1 aromatic carbocycles. The molecule has 0 heterocycles. The molecule has 2 fully saturated rings. The van der Waals surface area contributed by atoms with Gasteiger partial charge in [-0.1, -0.05) is 25.0 Å². The van der Waals surface area contributed by atoms with Crippen LogP contribution in [0.15, 0.2) is 24.3 Å². The van der Waals surface area contributed by atoms with Crippen LogP contribution in [0.5, 0.6) is 0 Å². The van der Waals surface area contributed by atoms with Crippen LogP contribution in [0.1, 0.15) is 50.5 Å². The molecule has 0 bridgehead atoms. The van der Waals surface area contributed by atoms with Gasteiger partial charge in [-0.3, -0.25) is 9.59 Å². The summed E-state index contributed by atoms with van der Waals surface area (Å²) in [6.45, 7) is 0. The molecule has 3 rings (SSSR count). The van der Waals surface area contributed by atoms with Crippen LogP contribution in [0.25, 0.3) is 0 Å². The molecule has 5 heteroatoms. The van der Waals surface area contributed by atoms with Crippen LogP contribution in [-0.4, -0.2) is 23.0 Å². The second-order valence-corrected chi connectivity index (χ2v) is 6.81. The first-order chi connectivity index (χ1) is 11.0. The number of amides is 1. The van der Waals surface area contributed by atoms with Crippen LogP contribution in [0.2, 0.25) is 0 Å². The number of rotatable bonds is 4. The van der Waals surface area contributed by atoms with E-state index in [0.29, 0.717) is 19.3 Å². The summed E-state index contributed by atoms with van der Waals surface area (Å²) in [5, 5.41) is 12.1. The summed E-state index contributed by atoms with van der Waals surface area (Å²) in [5.41, 5.74) is 0.274. The highest BCUT2D eigenvalue weighted by Gasteiger charge is 2.44. The molecule has 1 amide bonds. The maximum absolute atomic E-state index is 13.2. The van der Waals surface area contributed by atoms with Crippen molar-refractivity contribution >= 4 is 11.9 Å². The Labute approximate surface area is 135 Å². The molecule has 2 aliphatic rings. The third-order valence-electron chi connectivity index (χ3n) is 5.41. The molecule has 0 unspecified atom stereocenters. The van der Waals surface area contributed by atoms with Crippen molar-refractivity contribution in [2.24, 2.45) is 5.92 Å². The van der Waals surface area contributed by atoms with E-state index in [1.807, 2.05) is 0 Å². The van der Waals surface area contributed by atoms with Gasteiger partial charge in [-0.2, -0.15) is 0 Å². The van der Waals surface area contributed by atoms with Crippen molar-refractivity contribution in [1.82, 2.24) is 5.32 Å². The highest BCUT2D eigenvalue weighted by Crippen LogP contribution is 2.42. The first-order valence-corrected chi connectivity index (χ1v) is 8.31. The zero-order valence-corrected chi connectivity index (χ0v) is 13.1. The number of carbonyl (C=O) groups excluding carboxylic acids is 1. The topological polar surface area (TPSA) is 66.4 Å². The first kappa shape index (κ1) is 16.0. The molecule has 2 atom stereocenters. The van der Waals surface area contributed by atoms with E-state index in [0.717, 1.165) is 31.2 Å². The summed E-state index contributed by atoms with van der Waals surface area (Å²) >= 11 is 0. The van der Waals surface area contributed by atoms with Gasteiger partial charge in [0.2, 0.25) is 5.91 Å². The van der Waals surface area contributed by atoms with Crippen LogP contribution < -0.4 is 5.32 Å². The van der Waals surface area contributed by atoms with E-state index < -0.39 is 11.4 Å². The van der Waals surface area contributed by atoms with E-state index in [1.54, 1.807) is 12.1 Å². The second kappa shape index (κ2) is 6.30. The highest BCUT2D eigenvalue weighted by molar-refractivity contribution is 5.89. The van der Waals surface area contributed by atoms with Gasteiger partial charge >= 0.3 is 5.97 Å². The quantitative estimate of drug-likeness (QED) is 0.896. The van der Waals surface area contributed by atoms with Crippen molar-refractivity contribution < 1.29 is 19.1 Å². The average molecular weight is 319 g/mol. The number of carboxylic acids is 1. The highest BCUT2D eigenvalue weighted by atomic mass is 19.1. The molecule has 0 saturated heterocycles. The molecule has 1 aromatic rings. The van der Waals surface area contributed by atoms with E-state index in [9.17, 15) is 14.0 Å². The predicted molar refractivity (Wildman–Crippen MR) is 83.5 cm³/mol.